The van der Waals surface area contributed by atoms with Crippen molar-refractivity contribution < 1.29 is 18.3 Å². The first-order chi connectivity index (χ1) is 14.8. The minimum absolute atomic E-state index is 0.0133. The van der Waals surface area contributed by atoms with Gasteiger partial charge in [-0.15, -0.1) is 0 Å². The molecule has 2 aliphatic rings. The molecule has 0 aliphatic carbocycles. The van der Waals surface area contributed by atoms with Crippen LogP contribution in [0.3, 0.4) is 0 Å². The van der Waals surface area contributed by atoms with E-state index in [-0.39, 0.29) is 22.9 Å². The van der Waals surface area contributed by atoms with Crippen LogP contribution in [0, 0.1) is 6.92 Å². The largest absolute Gasteiger partial charge is 0.378 e. The second-order valence-electron chi connectivity index (χ2n) is 7.73. The third kappa shape index (κ3) is 4.43. The van der Waals surface area contributed by atoms with Crippen molar-refractivity contribution in [1.82, 2.24) is 19.8 Å². The van der Waals surface area contributed by atoms with E-state index in [2.05, 4.69) is 15.3 Å². The van der Waals surface area contributed by atoms with Crippen molar-refractivity contribution in [3.8, 4) is 0 Å². The van der Waals surface area contributed by atoms with E-state index in [9.17, 15) is 13.6 Å². The molecule has 3 heterocycles. The summed E-state index contributed by atoms with van der Waals surface area (Å²) in [4.78, 5) is 25.0. The maximum Gasteiger partial charge on any atom is 0.320 e. The fourth-order valence-electron chi connectivity index (χ4n) is 4.09. The van der Waals surface area contributed by atoms with Gasteiger partial charge in [0.2, 0.25) is 5.28 Å². The van der Waals surface area contributed by atoms with E-state index < -0.39 is 6.43 Å². The van der Waals surface area contributed by atoms with Crippen molar-refractivity contribution in [3.63, 3.8) is 0 Å². The molecule has 166 valence electrons. The highest BCUT2D eigenvalue weighted by Crippen LogP contribution is 2.33. The van der Waals surface area contributed by atoms with Crippen LogP contribution in [0.1, 0.15) is 47.3 Å². The molecule has 0 radical (unpaired) electrons. The normalized spacial score (nSPS) is 17.1. The summed E-state index contributed by atoms with van der Waals surface area (Å²) in [5.41, 5.74) is 2.79. The molecule has 7 nitrogen and oxygen atoms in total. The Bertz CT molecular complexity index is 984. The molecule has 1 saturated heterocycles. The minimum atomic E-state index is -2.54. The number of benzene rings is 1. The van der Waals surface area contributed by atoms with E-state index in [1.165, 1.54) is 6.07 Å². The molecule has 0 spiro atoms. The molecule has 2 aliphatic heterocycles. The summed E-state index contributed by atoms with van der Waals surface area (Å²) >= 11 is 6.14. The Hall–Kier alpha value is -2.52. The smallest absolute Gasteiger partial charge is 0.320 e. The summed E-state index contributed by atoms with van der Waals surface area (Å²) < 4.78 is 31.9. The van der Waals surface area contributed by atoms with E-state index in [4.69, 9.17) is 16.3 Å². The second kappa shape index (κ2) is 8.92. The molecule has 0 saturated carbocycles. The molecule has 0 bridgehead atoms. The summed E-state index contributed by atoms with van der Waals surface area (Å²) in [5, 5.41) is 3.37. The fourth-order valence-corrected chi connectivity index (χ4v) is 4.28. The molecule has 10 heteroatoms. The quantitative estimate of drug-likeness (QED) is 0.701. The first-order valence-corrected chi connectivity index (χ1v) is 10.5. The highest BCUT2D eigenvalue weighted by molar-refractivity contribution is 6.28. The van der Waals surface area contributed by atoms with Gasteiger partial charge < -0.3 is 19.9 Å². The number of amides is 2. The number of urea groups is 1. The van der Waals surface area contributed by atoms with Crippen molar-refractivity contribution in [2.24, 2.45) is 0 Å². The van der Waals surface area contributed by atoms with Crippen molar-refractivity contribution in [1.29, 1.82) is 0 Å². The lowest BCUT2D eigenvalue weighted by Crippen LogP contribution is -2.46. The minimum Gasteiger partial charge on any atom is -0.378 e. The van der Waals surface area contributed by atoms with Gasteiger partial charge in [-0.2, -0.15) is 0 Å². The Labute approximate surface area is 184 Å². The highest BCUT2D eigenvalue weighted by atomic mass is 35.5. The molecular weight excluding hydrogens is 428 g/mol. The van der Waals surface area contributed by atoms with Gasteiger partial charge in [-0.1, -0.05) is 18.2 Å². The van der Waals surface area contributed by atoms with Gasteiger partial charge in [0.05, 0.1) is 38.0 Å². The molecule has 0 unspecified atom stereocenters. The predicted molar refractivity (Wildman–Crippen MR) is 112 cm³/mol. The zero-order valence-corrected chi connectivity index (χ0v) is 18.1. The first kappa shape index (κ1) is 21.7. The second-order valence-corrected chi connectivity index (χ2v) is 8.07. The Morgan fingerprint density at radius 3 is 2.58 bits per heavy atom. The van der Waals surface area contributed by atoms with E-state index in [0.29, 0.717) is 56.5 Å². The van der Waals surface area contributed by atoms with Gasteiger partial charge in [0.15, 0.2) is 0 Å². The highest BCUT2D eigenvalue weighted by Gasteiger charge is 2.32. The Morgan fingerprint density at radius 1 is 1.16 bits per heavy atom. The molecule has 31 heavy (non-hydrogen) atoms. The molecule has 1 aromatic carbocycles. The van der Waals surface area contributed by atoms with Gasteiger partial charge in [0.1, 0.15) is 5.82 Å². The van der Waals surface area contributed by atoms with Gasteiger partial charge >= 0.3 is 6.03 Å². The summed E-state index contributed by atoms with van der Waals surface area (Å²) in [7, 11) is 0. The number of ether oxygens (including phenoxy) is 1. The molecule has 1 atom stereocenters. The van der Waals surface area contributed by atoms with Crippen LogP contribution in [0.2, 0.25) is 5.28 Å². The number of aromatic nitrogens is 2. The van der Waals surface area contributed by atoms with Gasteiger partial charge in [0, 0.05) is 24.2 Å². The zero-order valence-electron chi connectivity index (χ0n) is 17.4. The average Bonchev–Trinajstić information content (AvgIpc) is 3.17. The lowest BCUT2D eigenvalue weighted by molar-refractivity contribution is 0.0429. The number of morpholine rings is 1. The maximum absolute atomic E-state index is 13.3. The number of nitrogens with one attached hydrogen (secondary N) is 1. The van der Waals surface area contributed by atoms with Crippen LogP contribution in [0.4, 0.5) is 19.4 Å². The maximum atomic E-state index is 13.3. The van der Waals surface area contributed by atoms with Gasteiger partial charge in [0.25, 0.3) is 6.43 Å². The summed E-state index contributed by atoms with van der Waals surface area (Å²) in [6, 6.07) is 4.51. The molecule has 1 N–H and O–H groups in total. The van der Waals surface area contributed by atoms with Crippen molar-refractivity contribution in [2.45, 2.75) is 39.4 Å². The topological polar surface area (TPSA) is 70.6 Å². The van der Waals surface area contributed by atoms with Crippen LogP contribution in [0.5, 0.6) is 0 Å². The number of alkyl halides is 2. The molecular formula is C21H24ClF2N5O2. The number of hydrogen-bond donors (Lipinski definition) is 1. The van der Waals surface area contributed by atoms with Crippen molar-refractivity contribution >= 4 is 23.4 Å². The van der Waals surface area contributed by atoms with E-state index in [1.54, 1.807) is 22.8 Å². The summed E-state index contributed by atoms with van der Waals surface area (Å²) in [6.45, 7) is 6.43. The zero-order chi connectivity index (χ0) is 22.1. The predicted octanol–water partition coefficient (Wildman–Crippen LogP) is 4.32. The van der Waals surface area contributed by atoms with Gasteiger partial charge in [-0.05, 0) is 36.6 Å². The van der Waals surface area contributed by atoms with Crippen LogP contribution in [-0.4, -0.2) is 52.1 Å². The van der Waals surface area contributed by atoms with E-state index in [0.717, 1.165) is 11.1 Å². The van der Waals surface area contributed by atoms with Crippen LogP contribution >= 0.6 is 11.6 Å². The number of halogens is 3. The third-order valence-corrected chi connectivity index (χ3v) is 5.95. The number of carbonyl (C=O) groups is 1. The van der Waals surface area contributed by atoms with Crippen LogP contribution in [-0.2, 0) is 17.8 Å². The number of rotatable bonds is 4. The molecule has 2 aromatic rings. The molecule has 1 aromatic heterocycles. The van der Waals surface area contributed by atoms with Crippen molar-refractivity contribution in [3.05, 3.63) is 51.4 Å². The summed E-state index contributed by atoms with van der Waals surface area (Å²) in [6.07, 6.45) is -2.54. The number of nitrogens with zero attached hydrogens (tertiary/aromatic N) is 4. The van der Waals surface area contributed by atoms with E-state index in [1.807, 2.05) is 13.0 Å². The first-order valence-electron chi connectivity index (χ1n) is 10.2. The average molecular weight is 452 g/mol. The summed E-state index contributed by atoms with van der Waals surface area (Å²) in [5.74, 6) is 0.515. The number of carbonyl (C=O) groups excluding carboxylic acids is 1. The lowest BCUT2D eigenvalue weighted by atomic mass is 9.97. The SMILES string of the molecule is Cc1c(C(F)F)cccc1[C@@H](C)Nc1nc(Cl)nc2c1CN(C(=O)N1CCOCC1)C2. The number of fused-ring (bicyclic) bond motifs is 1. The van der Waals surface area contributed by atoms with Crippen LogP contribution < -0.4 is 5.32 Å². The number of anilines is 1. The van der Waals surface area contributed by atoms with Gasteiger partial charge in [-0.3, -0.25) is 0 Å². The van der Waals surface area contributed by atoms with Gasteiger partial charge in [-0.25, -0.2) is 23.5 Å². The fraction of sp³-hybridized carbons (Fsp3) is 0.476. The Morgan fingerprint density at radius 2 is 1.87 bits per heavy atom. The van der Waals surface area contributed by atoms with Crippen LogP contribution in [0.25, 0.3) is 0 Å². The van der Waals surface area contributed by atoms with E-state index >= 15 is 0 Å². The molecule has 2 amide bonds. The third-order valence-electron chi connectivity index (χ3n) is 5.78. The molecule has 1 fully saturated rings. The Kier molecular flexibility index (Phi) is 6.24. The molecule has 4 rings (SSSR count). The monoisotopic (exact) mass is 451 g/mol. The lowest BCUT2D eigenvalue weighted by Gasteiger charge is -2.30. The van der Waals surface area contributed by atoms with Crippen LogP contribution in [0.15, 0.2) is 18.2 Å². The standard InChI is InChI=1S/C21H24ClF2N5O2/c1-12-14(4-3-5-15(12)18(23)24)13(2)25-19-16-10-29(11-17(16)26-20(22)27-19)21(30)28-6-8-31-9-7-28/h3-5,13,18H,6-11H2,1-2H3,(H,25,26,27)/t13-/m1/s1. The number of hydrogen-bond acceptors (Lipinski definition) is 5. The van der Waals surface area contributed by atoms with Crippen molar-refractivity contribution in [2.75, 3.05) is 31.6 Å². The Balaban J connectivity index is 1.56.